The molecule has 1 aliphatic heterocycles. The van der Waals surface area contributed by atoms with Gasteiger partial charge in [0, 0.05) is 18.5 Å². The van der Waals surface area contributed by atoms with Crippen molar-refractivity contribution in [2.75, 3.05) is 11.4 Å². The number of hydrogen-bond acceptors (Lipinski definition) is 7. The fraction of sp³-hybridized carbons (Fsp3) is 0.476. The first kappa shape index (κ1) is 23.1. The van der Waals surface area contributed by atoms with Crippen LogP contribution in [0.3, 0.4) is 0 Å². The van der Waals surface area contributed by atoms with Crippen molar-refractivity contribution in [1.82, 2.24) is 9.19 Å². The van der Waals surface area contributed by atoms with Gasteiger partial charge in [-0.05, 0) is 57.4 Å². The molecule has 1 spiro atoms. The lowest BCUT2D eigenvalue weighted by atomic mass is 9.98. The van der Waals surface area contributed by atoms with E-state index in [1.807, 2.05) is 4.90 Å². The Labute approximate surface area is 201 Å². The van der Waals surface area contributed by atoms with Crippen molar-refractivity contribution in [3.05, 3.63) is 35.4 Å². The van der Waals surface area contributed by atoms with Gasteiger partial charge in [-0.15, -0.1) is 16.4 Å². The van der Waals surface area contributed by atoms with E-state index in [-0.39, 0.29) is 14.0 Å². The average Bonchev–Trinajstić information content (AvgIpc) is 3.17. The Morgan fingerprint density at radius 3 is 2.52 bits per heavy atom. The second-order valence-electron chi connectivity index (χ2n) is 8.94. The van der Waals surface area contributed by atoms with Crippen LogP contribution in [0.4, 0.5) is 10.2 Å². The van der Waals surface area contributed by atoms with Crippen LogP contribution in [0.1, 0.15) is 39.5 Å². The topological polar surface area (TPSA) is 89.3 Å². The van der Waals surface area contributed by atoms with E-state index in [9.17, 15) is 21.2 Å². The van der Waals surface area contributed by atoms with Crippen molar-refractivity contribution in [2.24, 2.45) is 0 Å². The van der Waals surface area contributed by atoms with Crippen molar-refractivity contribution in [1.29, 1.82) is 0 Å². The van der Waals surface area contributed by atoms with Gasteiger partial charge >= 0.3 is 0 Å². The summed E-state index contributed by atoms with van der Waals surface area (Å²) < 4.78 is 67.2. The summed E-state index contributed by atoms with van der Waals surface area (Å²) in [5.41, 5.74) is -0.0499. The van der Waals surface area contributed by atoms with Gasteiger partial charge in [-0.3, -0.25) is 0 Å². The van der Waals surface area contributed by atoms with Gasteiger partial charge in [-0.2, -0.15) is 12.5 Å². The summed E-state index contributed by atoms with van der Waals surface area (Å²) in [7, 11) is -7.81. The minimum atomic E-state index is -4.19. The number of rotatable bonds is 5. The smallest absolute Gasteiger partial charge is 0.293 e. The van der Waals surface area contributed by atoms with E-state index >= 15 is 0 Å². The van der Waals surface area contributed by atoms with Crippen LogP contribution in [0.15, 0.2) is 38.8 Å². The maximum atomic E-state index is 14.2. The fourth-order valence-electron chi connectivity index (χ4n) is 4.45. The van der Waals surface area contributed by atoms with E-state index in [1.54, 1.807) is 32.0 Å². The Balaban J connectivity index is 1.66. The number of thiophene rings is 1. The third kappa shape index (κ3) is 3.59. The molecule has 2 aromatic heterocycles. The van der Waals surface area contributed by atoms with Crippen LogP contribution in [0.5, 0.6) is 0 Å². The predicted octanol–water partition coefficient (Wildman–Crippen LogP) is 4.64. The number of alkyl halides is 1. The first-order chi connectivity index (χ1) is 15.5. The van der Waals surface area contributed by atoms with Crippen molar-refractivity contribution < 1.29 is 21.2 Å². The molecule has 0 radical (unpaired) electrons. The van der Waals surface area contributed by atoms with Crippen LogP contribution < -0.4 is 4.90 Å². The second kappa shape index (κ2) is 7.66. The molecule has 2 aliphatic rings. The number of piperidine rings is 1. The van der Waals surface area contributed by atoms with Gasteiger partial charge in [0.25, 0.3) is 10.0 Å². The van der Waals surface area contributed by atoms with E-state index in [2.05, 4.69) is 5.10 Å². The number of anilines is 1. The lowest BCUT2D eigenvalue weighted by Gasteiger charge is -2.38. The molecule has 2 fully saturated rings. The first-order valence-corrected chi connectivity index (χ1v) is 14.8. The molecule has 33 heavy (non-hydrogen) atoms. The van der Waals surface area contributed by atoms with Gasteiger partial charge in [0.2, 0.25) is 0 Å². The third-order valence-corrected chi connectivity index (χ3v) is 12.6. The Morgan fingerprint density at radius 1 is 1.15 bits per heavy atom. The van der Waals surface area contributed by atoms with E-state index < -0.39 is 31.3 Å². The molecule has 3 aromatic rings. The highest BCUT2D eigenvalue weighted by Crippen LogP contribution is 2.52. The number of aromatic nitrogens is 2. The van der Waals surface area contributed by atoms with Crippen LogP contribution in [0.2, 0.25) is 5.02 Å². The normalized spacial score (nSPS) is 20.8. The Bertz CT molecular complexity index is 1460. The molecule has 5 rings (SSSR count). The zero-order valence-electron chi connectivity index (χ0n) is 18.0. The molecule has 1 aliphatic carbocycles. The monoisotopic (exact) mass is 531 g/mol. The minimum Gasteiger partial charge on any atom is -0.349 e. The summed E-state index contributed by atoms with van der Waals surface area (Å²) in [6.45, 7) is 3.52. The predicted molar refractivity (Wildman–Crippen MR) is 127 cm³/mol. The molecule has 1 saturated carbocycles. The summed E-state index contributed by atoms with van der Waals surface area (Å²) in [4.78, 5) is 2.01. The highest BCUT2D eigenvalue weighted by atomic mass is 35.5. The number of hydrogen-bond donors (Lipinski definition) is 0. The molecule has 1 unspecified atom stereocenters. The van der Waals surface area contributed by atoms with Crippen molar-refractivity contribution in [3.63, 3.8) is 0 Å². The summed E-state index contributed by atoms with van der Waals surface area (Å²) in [5, 5.41) is 4.68. The molecule has 0 N–H and O–H groups in total. The standard InChI is InChI=1S/C21H23ClFN3O4S3/c1-13(2)32(27,28)17-6-7-18(31-17)33(29,30)26-16-5-3-4-15(22)19(16)20(24-26)25-11-8-14(23)12-21(25)9-10-21/h3-7,13-14H,8-12H2,1-2H3. The van der Waals surface area contributed by atoms with Crippen LogP contribution in [-0.4, -0.2) is 49.5 Å². The maximum Gasteiger partial charge on any atom is 0.293 e. The summed E-state index contributed by atoms with van der Waals surface area (Å²) in [5.74, 6) is 0.426. The summed E-state index contributed by atoms with van der Waals surface area (Å²) >= 11 is 7.21. The van der Waals surface area contributed by atoms with E-state index in [0.717, 1.165) is 16.9 Å². The first-order valence-electron chi connectivity index (χ1n) is 10.7. The van der Waals surface area contributed by atoms with Crippen LogP contribution >= 0.6 is 22.9 Å². The summed E-state index contributed by atoms with van der Waals surface area (Å²) in [6.07, 6.45) is 1.48. The number of nitrogens with zero attached hydrogens (tertiary/aromatic N) is 3. The van der Waals surface area contributed by atoms with Gasteiger partial charge < -0.3 is 4.90 Å². The lowest BCUT2D eigenvalue weighted by Crippen LogP contribution is -2.45. The van der Waals surface area contributed by atoms with Crippen LogP contribution in [0.25, 0.3) is 10.9 Å². The zero-order valence-corrected chi connectivity index (χ0v) is 21.2. The molecular formula is C21H23ClFN3O4S3. The van der Waals surface area contributed by atoms with E-state index in [1.165, 1.54) is 12.1 Å². The molecular weight excluding hydrogens is 509 g/mol. The quantitative estimate of drug-likeness (QED) is 0.476. The van der Waals surface area contributed by atoms with Crippen molar-refractivity contribution in [2.45, 2.75) is 64.9 Å². The highest BCUT2D eigenvalue weighted by molar-refractivity contribution is 7.95. The van der Waals surface area contributed by atoms with Gasteiger partial charge in [0.1, 0.15) is 14.6 Å². The third-order valence-electron chi connectivity index (χ3n) is 6.47. The van der Waals surface area contributed by atoms with Crippen molar-refractivity contribution in [3.8, 4) is 0 Å². The SMILES string of the molecule is CC(C)S(=O)(=O)c1ccc(S(=O)(=O)n2nc(N3CCC(F)CC34CC4)c3c(Cl)cccc32)s1. The Hall–Kier alpha value is -1.69. The molecule has 12 heteroatoms. The van der Waals surface area contributed by atoms with Gasteiger partial charge in [0.05, 0.1) is 21.2 Å². The zero-order chi connectivity index (χ0) is 23.8. The van der Waals surface area contributed by atoms with Gasteiger partial charge in [-0.25, -0.2) is 12.8 Å². The molecule has 1 aromatic carbocycles. The highest BCUT2D eigenvalue weighted by Gasteiger charge is 2.53. The molecule has 0 amide bonds. The molecule has 1 saturated heterocycles. The van der Waals surface area contributed by atoms with Gasteiger partial charge in [0.15, 0.2) is 15.7 Å². The van der Waals surface area contributed by atoms with Crippen LogP contribution in [0, 0.1) is 0 Å². The van der Waals surface area contributed by atoms with Crippen LogP contribution in [-0.2, 0) is 19.9 Å². The summed E-state index contributed by atoms with van der Waals surface area (Å²) in [6, 6.07) is 7.55. The molecule has 7 nitrogen and oxygen atoms in total. The van der Waals surface area contributed by atoms with E-state index in [0.29, 0.717) is 52.5 Å². The molecule has 178 valence electrons. The fourth-order valence-corrected chi connectivity index (χ4v) is 9.27. The largest absolute Gasteiger partial charge is 0.349 e. The molecule has 1 atom stereocenters. The molecule has 0 bridgehead atoms. The maximum absolute atomic E-state index is 14.2. The number of fused-ring (bicyclic) bond motifs is 1. The number of halogens is 2. The Morgan fingerprint density at radius 2 is 1.85 bits per heavy atom. The lowest BCUT2D eigenvalue weighted by molar-refractivity contribution is 0.236. The van der Waals surface area contributed by atoms with Crippen molar-refractivity contribution >= 4 is 59.5 Å². The Kier molecular flexibility index (Phi) is 5.35. The van der Waals surface area contributed by atoms with Gasteiger partial charge in [-0.1, -0.05) is 17.7 Å². The average molecular weight is 532 g/mol. The van der Waals surface area contributed by atoms with E-state index in [4.69, 9.17) is 11.6 Å². The minimum absolute atomic E-state index is 0.00672. The second-order valence-corrected chi connectivity index (χ2v) is 15.2. The number of benzene rings is 1. The molecule has 3 heterocycles. The number of sulfone groups is 1.